The van der Waals surface area contributed by atoms with Crippen LogP contribution in [0.15, 0.2) is 36.7 Å². The molecule has 1 aromatic carbocycles. The summed E-state index contributed by atoms with van der Waals surface area (Å²) in [5.41, 5.74) is 5.24. The van der Waals surface area contributed by atoms with Crippen molar-refractivity contribution in [1.82, 2.24) is 24.4 Å². The Balaban J connectivity index is 1.73. The molecule has 0 spiro atoms. The first kappa shape index (κ1) is 19.9. The van der Waals surface area contributed by atoms with Gasteiger partial charge in [-0.2, -0.15) is 5.10 Å². The molecule has 3 aromatic heterocycles. The second-order valence-electron chi connectivity index (χ2n) is 7.52. The maximum atomic E-state index is 14.3. The van der Waals surface area contributed by atoms with Crippen molar-refractivity contribution in [3.8, 4) is 16.9 Å². The van der Waals surface area contributed by atoms with Crippen LogP contribution in [0.4, 0.5) is 10.2 Å². The largest absolute Gasteiger partial charge is 0.496 e. The van der Waals surface area contributed by atoms with Crippen LogP contribution in [-0.4, -0.2) is 31.5 Å². The molecule has 156 valence electrons. The maximum absolute atomic E-state index is 14.3. The van der Waals surface area contributed by atoms with E-state index in [0.29, 0.717) is 11.3 Å². The highest BCUT2D eigenvalue weighted by Gasteiger charge is 2.19. The molecule has 0 radical (unpaired) electrons. The highest BCUT2D eigenvalue weighted by Crippen LogP contribution is 2.32. The number of halogens is 1. The van der Waals surface area contributed by atoms with Gasteiger partial charge >= 0.3 is 0 Å². The van der Waals surface area contributed by atoms with E-state index < -0.39 is 0 Å². The molecule has 3 heterocycles. The summed E-state index contributed by atoms with van der Waals surface area (Å²) in [6.07, 6.45) is 1.65. The standard InChI is InChI=1S/C22H25FN6O/c1-13(2)29-15(4)21(14(3)27-29)16-9-10-20(28-12-25-26-22(16)28)24-11-17-18(23)7-6-8-19(17)30-5/h6-10,12-13,24H,11H2,1-5H3. The number of ether oxygens (including phenoxy) is 1. The fourth-order valence-corrected chi connectivity index (χ4v) is 3.89. The average molecular weight is 408 g/mol. The minimum Gasteiger partial charge on any atom is -0.496 e. The van der Waals surface area contributed by atoms with E-state index in [-0.39, 0.29) is 18.4 Å². The topological polar surface area (TPSA) is 69.3 Å². The number of pyridine rings is 1. The molecular weight excluding hydrogens is 383 g/mol. The molecule has 0 amide bonds. The normalized spacial score (nSPS) is 11.4. The number of nitrogens with one attached hydrogen (secondary N) is 1. The first-order valence-corrected chi connectivity index (χ1v) is 9.86. The Labute approximate surface area is 174 Å². The maximum Gasteiger partial charge on any atom is 0.170 e. The van der Waals surface area contributed by atoms with Gasteiger partial charge in [0.2, 0.25) is 0 Å². The minimum absolute atomic E-state index is 0.267. The zero-order valence-corrected chi connectivity index (χ0v) is 17.8. The van der Waals surface area contributed by atoms with Crippen LogP contribution in [0.25, 0.3) is 16.8 Å². The average Bonchev–Trinajstić information content (AvgIpc) is 3.32. The quantitative estimate of drug-likeness (QED) is 0.507. The predicted molar refractivity (Wildman–Crippen MR) is 114 cm³/mol. The van der Waals surface area contributed by atoms with Crippen molar-refractivity contribution in [3.05, 3.63) is 59.4 Å². The molecule has 0 aliphatic heterocycles. The Bertz CT molecular complexity index is 1210. The number of hydrogen-bond donors (Lipinski definition) is 1. The molecule has 0 unspecified atom stereocenters. The molecule has 1 N–H and O–H groups in total. The van der Waals surface area contributed by atoms with Gasteiger partial charge in [0.1, 0.15) is 23.7 Å². The molecule has 0 saturated carbocycles. The van der Waals surface area contributed by atoms with Crippen LogP contribution in [-0.2, 0) is 6.54 Å². The Morgan fingerprint density at radius 3 is 2.67 bits per heavy atom. The molecule has 8 heteroatoms. The predicted octanol–water partition coefficient (Wildman–Crippen LogP) is 4.55. The summed E-state index contributed by atoms with van der Waals surface area (Å²) in [5.74, 6) is 0.952. The summed E-state index contributed by atoms with van der Waals surface area (Å²) in [5, 5.41) is 16.4. The number of nitrogens with zero attached hydrogens (tertiary/aromatic N) is 5. The van der Waals surface area contributed by atoms with E-state index in [2.05, 4.69) is 36.3 Å². The molecule has 0 saturated heterocycles. The van der Waals surface area contributed by atoms with Gasteiger partial charge in [0.25, 0.3) is 0 Å². The number of aryl methyl sites for hydroxylation is 1. The van der Waals surface area contributed by atoms with Crippen LogP contribution >= 0.6 is 0 Å². The van der Waals surface area contributed by atoms with Gasteiger partial charge < -0.3 is 10.1 Å². The van der Waals surface area contributed by atoms with Crippen LogP contribution in [0.1, 0.15) is 36.8 Å². The lowest BCUT2D eigenvalue weighted by Crippen LogP contribution is -2.07. The number of rotatable bonds is 6. The molecule has 30 heavy (non-hydrogen) atoms. The van der Waals surface area contributed by atoms with Gasteiger partial charge in [-0.1, -0.05) is 6.07 Å². The van der Waals surface area contributed by atoms with Crippen LogP contribution in [0.2, 0.25) is 0 Å². The third-order valence-electron chi connectivity index (χ3n) is 5.28. The zero-order valence-electron chi connectivity index (χ0n) is 17.8. The van der Waals surface area contributed by atoms with E-state index in [9.17, 15) is 4.39 Å². The molecule has 0 bridgehead atoms. The van der Waals surface area contributed by atoms with Crippen molar-refractivity contribution < 1.29 is 9.13 Å². The van der Waals surface area contributed by atoms with Gasteiger partial charge in [0, 0.05) is 35.0 Å². The zero-order chi connectivity index (χ0) is 21.4. The lowest BCUT2D eigenvalue weighted by Gasteiger charge is -2.14. The molecule has 4 rings (SSSR count). The van der Waals surface area contributed by atoms with Crippen molar-refractivity contribution in [3.63, 3.8) is 0 Å². The van der Waals surface area contributed by atoms with E-state index in [4.69, 9.17) is 9.84 Å². The fourth-order valence-electron chi connectivity index (χ4n) is 3.89. The Morgan fingerprint density at radius 1 is 1.17 bits per heavy atom. The number of fused-ring (bicyclic) bond motifs is 1. The Kier molecular flexibility index (Phi) is 5.15. The van der Waals surface area contributed by atoms with Gasteiger partial charge in [0.05, 0.1) is 12.8 Å². The number of hydrogen-bond acceptors (Lipinski definition) is 5. The van der Waals surface area contributed by atoms with E-state index in [1.807, 2.05) is 28.1 Å². The SMILES string of the molecule is COc1cccc(F)c1CNc1ccc(-c2c(C)nn(C(C)C)c2C)c2nncn12. The lowest BCUT2D eigenvalue weighted by molar-refractivity contribution is 0.405. The summed E-state index contributed by atoms with van der Waals surface area (Å²) >= 11 is 0. The lowest BCUT2D eigenvalue weighted by atomic mass is 10.0. The third kappa shape index (κ3) is 3.28. The minimum atomic E-state index is -0.314. The smallest absolute Gasteiger partial charge is 0.170 e. The monoisotopic (exact) mass is 408 g/mol. The Morgan fingerprint density at radius 2 is 1.97 bits per heavy atom. The van der Waals surface area contributed by atoms with Crippen LogP contribution in [0.3, 0.4) is 0 Å². The van der Waals surface area contributed by atoms with Gasteiger partial charge in [0.15, 0.2) is 5.65 Å². The molecule has 0 aliphatic carbocycles. The Hall–Kier alpha value is -3.42. The van der Waals surface area contributed by atoms with E-state index in [1.165, 1.54) is 13.2 Å². The highest BCUT2D eigenvalue weighted by atomic mass is 19.1. The van der Waals surface area contributed by atoms with Crippen LogP contribution in [0.5, 0.6) is 5.75 Å². The highest BCUT2D eigenvalue weighted by molar-refractivity contribution is 5.81. The fraction of sp³-hybridized carbons (Fsp3) is 0.318. The molecule has 4 aromatic rings. The number of benzene rings is 1. The summed E-state index contributed by atoms with van der Waals surface area (Å²) < 4.78 is 23.5. The van der Waals surface area contributed by atoms with Crippen molar-refractivity contribution in [2.75, 3.05) is 12.4 Å². The van der Waals surface area contributed by atoms with Gasteiger partial charge in [-0.15, -0.1) is 10.2 Å². The van der Waals surface area contributed by atoms with Gasteiger partial charge in [-0.3, -0.25) is 9.08 Å². The van der Waals surface area contributed by atoms with Crippen molar-refractivity contribution in [2.24, 2.45) is 0 Å². The van der Waals surface area contributed by atoms with E-state index in [1.54, 1.807) is 18.5 Å². The van der Waals surface area contributed by atoms with E-state index >= 15 is 0 Å². The van der Waals surface area contributed by atoms with Crippen molar-refractivity contribution >= 4 is 11.5 Å². The van der Waals surface area contributed by atoms with Gasteiger partial charge in [-0.25, -0.2) is 4.39 Å². The van der Waals surface area contributed by atoms with Gasteiger partial charge in [-0.05, 0) is 52.0 Å². The second kappa shape index (κ2) is 7.78. The van der Waals surface area contributed by atoms with Crippen molar-refractivity contribution in [2.45, 2.75) is 40.3 Å². The number of aromatic nitrogens is 5. The molecule has 0 aliphatic rings. The van der Waals surface area contributed by atoms with Crippen molar-refractivity contribution in [1.29, 1.82) is 0 Å². The molecule has 7 nitrogen and oxygen atoms in total. The molecular formula is C22H25FN6O. The third-order valence-corrected chi connectivity index (χ3v) is 5.28. The summed E-state index contributed by atoms with van der Waals surface area (Å²) in [6.45, 7) is 8.56. The van der Waals surface area contributed by atoms with E-state index in [0.717, 1.165) is 34.0 Å². The summed E-state index contributed by atoms with van der Waals surface area (Å²) in [4.78, 5) is 0. The second-order valence-corrected chi connectivity index (χ2v) is 7.52. The summed E-state index contributed by atoms with van der Waals surface area (Å²) in [7, 11) is 1.53. The molecule has 0 atom stereocenters. The first-order valence-electron chi connectivity index (χ1n) is 9.86. The van der Waals surface area contributed by atoms with Crippen LogP contribution in [0, 0.1) is 19.7 Å². The number of methoxy groups -OCH3 is 1. The first-order chi connectivity index (χ1) is 14.4. The summed E-state index contributed by atoms with van der Waals surface area (Å²) in [6, 6.07) is 9.02. The van der Waals surface area contributed by atoms with Crippen LogP contribution < -0.4 is 10.1 Å². The number of anilines is 1. The molecule has 0 fully saturated rings.